The van der Waals surface area contributed by atoms with Gasteiger partial charge in [0.1, 0.15) is 5.75 Å². The summed E-state index contributed by atoms with van der Waals surface area (Å²) in [7, 11) is 1.61. The maximum absolute atomic E-state index is 12.8. The van der Waals surface area contributed by atoms with Crippen LogP contribution in [0.5, 0.6) is 5.75 Å². The third kappa shape index (κ3) is 4.58. The first kappa shape index (κ1) is 18.8. The normalized spacial score (nSPS) is 13.3. The molecule has 0 atom stereocenters. The van der Waals surface area contributed by atoms with Gasteiger partial charge in [0.05, 0.1) is 18.4 Å². The fraction of sp³-hybridized carbons (Fsp3) is 0.333. The monoisotopic (exact) mass is 367 g/mol. The molecule has 27 heavy (non-hydrogen) atoms. The largest absolute Gasteiger partial charge is 0.497 e. The highest BCUT2D eigenvalue weighted by molar-refractivity contribution is 6.04. The van der Waals surface area contributed by atoms with E-state index in [9.17, 15) is 9.59 Å². The van der Waals surface area contributed by atoms with Crippen molar-refractivity contribution in [2.45, 2.75) is 26.3 Å². The van der Waals surface area contributed by atoms with Crippen LogP contribution in [0.25, 0.3) is 0 Å². The molecule has 1 saturated heterocycles. The van der Waals surface area contributed by atoms with Crippen molar-refractivity contribution in [1.82, 2.24) is 10.2 Å². The Bertz CT molecular complexity index is 829. The average molecular weight is 367 g/mol. The second kappa shape index (κ2) is 8.58. The van der Waals surface area contributed by atoms with E-state index in [1.807, 2.05) is 48.2 Å². The predicted molar refractivity (Wildman–Crippen MR) is 105 cm³/mol. The summed E-state index contributed by atoms with van der Waals surface area (Å²) >= 11 is 0. The minimum absolute atomic E-state index is 0.0284. The highest BCUT2D eigenvalue weighted by Crippen LogP contribution is 2.24. The molecule has 0 aromatic heterocycles. The molecule has 0 saturated carbocycles. The van der Waals surface area contributed by atoms with Gasteiger partial charge in [0.25, 0.3) is 5.91 Å². The van der Waals surface area contributed by atoms with Crippen LogP contribution >= 0.6 is 0 Å². The zero-order valence-corrected chi connectivity index (χ0v) is 15.7. The number of nitrogens with one attached hydrogen (secondary N) is 2. The van der Waals surface area contributed by atoms with Crippen LogP contribution < -0.4 is 15.4 Å². The topological polar surface area (TPSA) is 70.7 Å². The highest BCUT2D eigenvalue weighted by atomic mass is 16.5. The van der Waals surface area contributed by atoms with Crippen LogP contribution in [0.15, 0.2) is 42.5 Å². The lowest BCUT2D eigenvalue weighted by Gasteiger charge is -2.19. The smallest absolute Gasteiger partial charge is 0.319 e. The highest BCUT2D eigenvalue weighted by Gasteiger charge is 2.23. The number of carbonyl (C=O) groups is 2. The van der Waals surface area contributed by atoms with Gasteiger partial charge >= 0.3 is 6.03 Å². The standard InChI is InChI=1S/C21H25N3O3/c1-15-7-5-10-18(20(25)24-11-3-4-12-24)19(15)23-21(26)22-14-16-8-6-9-17(13-16)27-2/h5-10,13H,3-4,11-12,14H2,1-2H3,(H2,22,23,26). The van der Waals surface area contributed by atoms with E-state index in [-0.39, 0.29) is 11.9 Å². The van der Waals surface area contributed by atoms with Crippen molar-refractivity contribution in [3.8, 4) is 5.75 Å². The number of hydrogen-bond donors (Lipinski definition) is 2. The third-order valence-corrected chi connectivity index (χ3v) is 4.72. The SMILES string of the molecule is COc1cccc(CNC(=O)Nc2c(C)cccc2C(=O)N2CCCC2)c1. The number of methoxy groups -OCH3 is 1. The first-order chi connectivity index (χ1) is 13.1. The van der Waals surface area contributed by atoms with Crippen LogP contribution in [0.2, 0.25) is 0 Å². The zero-order chi connectivity index (χ0) is 19.2. The molecule has 0 unspecified atom stereocenters. The van der Waals surface area contributed by atoms with Crippen LogP contribution in [0, 0.1) is 6.92 Å². The van der Waals surface area contributed by atoms with Gasteiger partial charge in [0, 0.05) is 19.6 Å². The molecular formula is C21H25N3O3. The first-order valence-electron chi connectivity index (χ1n) is 9.15. The lowest BCUT2D eigenvalue weighted by Crippen LogP contribution is -2.32. The molecule has 0 spiro atoms. The van der Waals surface area contributed by atoms with Gasteiger partial charge in [-0.05, 0) is 49.1 Å². The van der Waals surface area contributed by atoms with E-state index in [1.165, 1.54) is 0 Å². The summed E-state index contributed by atoms with van der Waals surface area (Å²) in [5, 5.41) is 5.68. The summed E-state index contributed by atoms with van der Waals surface area (Å²) in [4.78, 5) is 27.0. The van der Waals surface area contributed by atoms with Crippen LogP contribution in [0.4, 0.5) is 10.5 Å². The maximum atomic E-state index is 12.8. The second-order valence-corrected chi connectivity index (χ2v) is 6.66. The molecule has 1 fully saturated rings. The Kier molecular flexibility index (Phi) is 5.96. The van der Waals surface area contributed by atoms with Gasteiger partial charge < -0.3 is 20.3 Å². The van der Waals surface area contributed by atoms with Gasteiger partial charge in [0.15, 0.2) is 0 Å². The summed E-state index contributed by atoms with van der Waals surface area (Å²) in [6.45, 7) is 3.80. The van der Waals surface area contributed by atoms with Crippen LogP contribution in [-0.2, 0) is 6.54 Å². The fourth-order valence-corrected chi connectivity index (χ4v) is 3.22. The predicted octanol–water partition coefficient (Wildman–Crippen LogP) is 3.56. The van der Waals surface area contributed by atoms with E-state index in [2.05, 4.69) is 10.6 Å². The van der Waals surface area contributed by atoms with Gasteiger partial charge in [-0.15, -0.1) is 0 Å². The second-order valence-electron chi connectivity index (χ2n) is 6.66. The van der Waals surface area contributed by atoms with Gasteiger partial charge in [-0.25, -0.2) is 4.79 Å². The van der Waals surface area contributed by atoms with Crippen molar-refractivity contribution in [3.05, 3.63) is 59.2 Å². The quantitative estimate of drug-likeness (QED) is 0.849. The molecule has 6 nitrogen and oxygen atoms in total. The Morgan fingerprint density at radius 1 is 1.11 bits per heavy atom. The van der Waals surface area contributed by atoms with Gasteiger partial charge in [0.2, 0.25) is 0 Å². The molecule has 0 aliphatic carbocycles. The molecule has 1 heterocycles. The number of ether oxygens (including phenoxy) is 1. The third-order valence-electron chi connectivity index (χ3n) is 4.72. The number of urea groups is 1. The number of anilines is 1. The summed E-state index contributed by atoms with van der Waals surface area (Å²) in [6, 6.07) is 12.7. The van der Waals surface area contributed by atoms with Crippen molar-refractivity contribution < 1.29 is 14.3 Å². The number of rotatable bonds is 5. The minimum Gasteiger partial charge on any atom is -0.497 e. The average Bonchev–Trinajstić information content (AvgIpc) is 3.22. The van der Waals surface area contributed by atoms with E-state index in [0.29, 0.717) is 17.8 Å². The number of nitrogens with zero attached hydrogens (tertiary/aromatic N) is 1. The molecule has 142 valence electrons. The zero-order valence-electron chi connectivity index (χ0n) is 15.7. The first-order valence-corrected chi connectivity index (χ1v) is 9.15. The Morgan fingerprint density at radius 3 is 2.59 bits per heavy atom. The minimum atomic E-state index is -0.345. The Labute approximate surface area is 159 Å². The molecule has 0 radical (unpaired) electrons. The Morgan fingerprint density at radius 2 is 1.85 bits per heavy atom. The summed E-state index contributed by atoms with van der Waals surface area (Å²) < 4.78 is 5.19. The lowest BCUT2D eigenvalue weighted by atomic mass is 10.1. The van der Waals surface area contributed by atoms with Crippen molar-refractivity contribution in [1.29, 1.82) is 0 Å². The number of benzene rings is 2. The number of para-hydroxylation sites is 1. The number of amides is 3. The van der Waals surface area contributed by atoms with E-state index in [1.54, 1.807) is 13.2 Å². The number of aryl methyl sites for hydroxylation is 1. The van der Waals surface area contributed by atoms with Crippen LogP contribution in [0.3, 0.4) is 0 Å². The fourth-order valence-electron chi connectivity index (χ4n) is 3.22. The lowest BCUT2D eigenvalue weighted by molar-refractivity contribution is 0.0794. The molecule has 2 aromatic rings. The van der Waals surface area contributed by atoms with Gasteiger partial charge in [-0.3, -0.25) is 4.79 Å². The molecule has 2 aromatic carbocycles. The van der Waals surface area contributed by atoms with Gasteiger partial charge in [-0.2, -0.15) is 0 Å². The van der Waals surface area contributed by atoms with Crippen molar-refractivity contribution in [2.75, 3.05) is 25.5 Å². The summed E-state index contributed by atoms with van der Waals surface area (Å²) in [5.74, 6) is 0.714. The Hall–Kier alpha value is -3.02. The molecule has 1 aliphatic rings. The van der Waals surface area contributed by atoms with E-state index >= 15 is 0 Å². The molecule has 3 amide bonds. The molecule has 2 N–H and O–H groups in total. The van der Waals surface area contributed by atoms with Gasteiger partial charge in [-0.1, -0.05) is 24.3 Å². The van der Waals surface area contributed by atoms with E-state index in [4.69, 9.17) is 4.74 Å². The Balaban J connectivity index is 1.69. The maximum Gasteiger partial charge on any atom is 0.319 e. The van der Waals surface area contributed by atoms with E-state index in [0.717, 1.165) is 42.8 Å². The number of likely N-dealkylation sites (tertiary alicyclic amines) is 1. The number of carbonyl (C=O) groups excluding carboxylic acids is 2. The van der Waals surface area contributed by atoms with Crippen LogP contribution in [0.1, 0.15) is 34.3 Å². The molecule has 1 aliphatic heterocycles. The molecule has 3 rings (SSSR count). The number of hydrogen-bond acceptors (Lipinski definition) is 3. The molecule has 6 heteroatoms. The van der Waals surface area contributed by atoms with E-state index < -0.39 is 0 Å². The van der Waals surface area contributed by atoms with Crippen molar-refractivity contribution >= 4 is 17.6 Å². The summed E-state index contributed by atoms with van der Waals surface area (Å²) in [5.41, 5.74) is 2.89. The van der Waals surface area contributed by atoms with Crippen molar-refractivity contribution in [3.63, 3.8) is 0 Å². The molecular weight excluding hydrogens is 342 g/mol. The summed E-state index contributed by atoms with van der Waals surface area (Å²) in [6.07, 6.45) is 2.06. The molecule has 0 bridgehead atoms. The van der Waals surface area contributed by atoms with Crippen molar-refractivity contribution in [2.24, 2.45) is 0 Å². The van der Waals surface area contributed by atoms with Crippen LogP contribution in [-0.4, -0.2) is 37.0 Å².